The summed E-state index contributed by atoms with van der Waals surface area (Å²) < 4.78 is 10.7. The number of hydrogen-bond donors (Lipinski definition) is 2. The first-order valence-electron chi connectivity index (χ1n) is 7.73. The summed E-state index contributed by atoms with van der Waals surface area (Å²) in [5, 5.41) is 9.43. The van der Waals surface area contributed by atoms with E-state index in [0.717, 1.165) is 11.5 Å². The van der Waals surface area contributed by atoms with E-state index in [-0.39, 0.29) is 18.6 Å². The van der Waals surface area contributed by atoms with Crippen LogP contribution >= 0.6 is 0 Å². The second-order valence-electron chi connectivity index (χ2n) is 6.08. The molecule has 1 atom stereocenters. The van der Waals surface area contributed by atoms with Crippen LogP contribution in [-0.2, 0) is 5.41 Å². The number of aliphatic hydroxyl groups is 1. The van der Waals surface area contributed by atoms with Gasteiger partial charge in [-0.25, -0.2) is 0 Å². The van der Waals surface area contributed by atoms with Crippen molar-refractivity contribution in [2.24, 2.45) is 5.73 Å². The fourth-order valence-corrected chi connectivity index (χ4v) is 2.40. The van der Waals surface area contributed by atoms with Crippen LogP contribution in [0.3, 0.4) is 0 Å². The van der Waals surface area contributed by atoms with Gasteiger partial charge in [-0.15, -0.1) is 0 Å². The minimum atomic E-state index is -0.634. The molecule has 4 heteroatoms. The van der Waals surface area contributed by atoms with Gasteiger partial charge in [0.2, 0.25) is 0 Å². The summed E-state index contributed by atoms with van der Waals surface area (Å²) in [7, 11) is 1.67. The predicted molar refractivity (Wildman–Crippen MR) is 92.1 cm³/mol. The normalized spacial score (nSPS) is 12.7. The van der Waals surface area contributed by atoms with E-state index in [1.165, 1.54) is 11.1 Å². The highest BCUT2D eigenvalue weighted by Gasteiger charge is 2.23. The molecule has 0 bridgehead atoms. The molecule has 124 valence electrons. The van der Waals surface area contributed by atoms with Crippen molar-refractivity contribution < 1.29 is 14.6 Å². The Morgan fingerprint density at radius 3 is 1.87 bits per heavy atom. The van der Waals surface area contributed by atoms with E-state index in [0.29, 0.717) is 0 Å². The van der Waals surface area contributed by atoms with Crippen LogP contribution in [0.2, 0.25) is 0 Å². The Bertz CT molecular complexity index is 606. The Morgan fingerprint density at radius 1 is 0.957 bits per heavy atom. The van der Waals surface area contributed by atoms with Crippen molar-refractivity contribution >= 4 is 0 Å². The molecule has 0 aliphatic carbocycles. The van der Waals surface area contributed by atoms with Crippen molar-refractivity contribution in [2.75, 3.05) is 20.3 Å². The molecular formula is C19H25NO3. The maximum absolute atomic E-state index is 9.43. The lowest BCUT2D eigenvalue weighted by Crippen LogP contribution is -2.26. The van der Waals surface area contributed by atoms with Crippen LogP contribution in [0.4, 0.5) is 0 Å². The van der Waals surface area contributed by atoms with Gasteiger partial charge in [0.1, 0.15) is 24.2 Å². The van der Waals surface area contributed by atoms with Gasteiger partial charge in [0, 0.05) is 12.0 Å². The zero-order valence-corrected chi connectivity index (χ0v) is 14.0. The highest BCUT2D eigenvalue weighted by Crippen LogP contribution is 2.33. The Morgan fingerprint density at radius 2 is 1.43 bits per heavy atom. The maximum Gasteiger partial charge on any atom is 0.119 e. The molecule has 4 nitrogen and oxygen atoms in total. The number of hydrogen-bond acceptors (Lipinski definition) is 4. The van der Waals surface area contributed by atoms with Gasteiger partial charge in [-0.2, -0.15) is 0 Å². The average molecular weight is 315 g/mol. The van der Waals surface area contributed by atoms with Gasteiger partial charge >= 0.3 is 0 Å². The SMILES string of the molecule is COc1ccc(C(C)(C)c2ccc(OCC(O)CN)cc2)cc1. The minimum Gasteiger partial charge on any atom is -0.497 e. The standard InChI is InChI=1S/C19H25NO3/c1-19(2,14-4-8-17(22-3)9-5-14)15-6-10-18(11-7-15)23-13-16(21)12-20/h4-11,16,21H,12-13,20H2,1-3H3. The van der Waals surface area contributed by atoms with Crippen LogP contribution in [0.25, 0.3) is 0 Å². The highest BCUT2D eigenvalue weighted by molar-refractivity contribution is 5.41. The number of nitrogens with two attached hydrogens (primary N) is 1. The zero-order chi connectivity index (χ0) is 16.9. The largest absolute Gasteiger partial charge is 0.497 e. The molecule has 2 aromatic carbocycles. The molecule has 0 radical (unpaired) electrons. The van der Waals surface area contributed by atoms with Gasteiger partial charge in [0.15, 0.2) is 0 Å². The average Bonchev–Trinajstić information content (AvgIpc) is 2.60. The van der Waals surface area contributed by atoms with Crippen LogP contribution in [0, 0.1) is 0 Å². The predicted octanol–water partition coefficient (Wildman–Crippen LogP) is 2.72. The van der Waals surface area contributed by atoms with E-state index in [1.54, 1.807) is 7.11 Å². The number of methoxy groups -OCH3 is 1. The van der Waals surface area contributed by atoms with E-state index in [4.69, 9.17) is 15.2 Å². The summed E-state index contributed by atoms with van der Waals surface area (Å²) in [6.45, 7) is 4.77. The molecule has 0 fully saturated rings. The number of ether oxygens (including phenoxy) is 2. The number of benzene rings is 2. The maximum atomic E-state index is 9.43. The van der Waals surface area contributed by atoms with Crippen LogP contribution in [-0.4, -0.2) is 31.5 Å². The molecule has 0 aromatic heterocycles. The zero-order valence-electron chi connectivity index (χ0n) is 14.0. The van der Waals surface area contributed by atoms with Crippen LogP contribution in [0.1, 0.15) is 25.0 Å². The van der Waals surface area contributed by atoms with Crippen LogP contribution in [0.5, 0.6) is 11.5 Å². The fourth-order valence-electron chi connectivity index (χ4n) is 2.40. The third kappa shape index (κ3) is 4.24. The smallest absolute Gasteiger partial charge is 0.119 e. The van der Waals surface area contributed by atoms with E-state index >= 15 is 0 Å². The summed E-state index contributed by atoms with van der Waals surface area (Å²) in [5.41, 5.74) is 7.64. The molecule has 0 aliphatic heterocycles. The molecule has 23 heavy (non-hydrogen) atoms. The van der Waals surface area contributed by atoms with Crippen LogP contribution < -0.4 is 15.2 Å². The lowest BCUT2D eigenvalue weighted by atomic mass is 9.78. The Labute approximate surface area is 137 Å². The van der Waals surface area contributed by atoms with E-state index in [2.05, 4.69) is 26.0 Å². The van der Waals surface area contributed by atoms with Crippen molar-refractivity contribution in [3.63, 3.8) is 0 Å². The Hall–Kier alpha value is -2.04. The highest BCUT2D eigenvalue weighted by atomic mass is 16.5. The first-order valence-corrected chi connectivity index (χ1v) is 7.73. The lowest BCUT2D eigenvalue weighted by Gasteiger charge is -2.26. The Balaban J connectivity index is 2.12. The van der Waals surface area contributed by atoms with E-state index in [9.17, 15) is 5.11 Å². The van der Waals surface area contributed by atoms with Crippen molar-refractivity contribution in [3.8, 4) is 11.5 Å². The fraction of sp³-hybridized carbons (Fsp3) is 0.368. The summed E-state index contributed by atoms with van der Waals surface area (Å²) >= 11 is 0. The molecular weight excluding hydrogens is 290 g/mol. The summed E-state index contributed by atoms with van der Waals surface area (Å²) in [5.74, 6) is 1.58. The van der Waals surface area contributed by atoms with Crippen molar-refractivity contribution in [3.05, 3.63) is 59.7 Å². The van der Waals surface area contributed by atoms with Gasteiger partial charge in [-0.3, -0.25) is 0 Å². The van der Waals surface area contributed by atoms with Gasteiger partial charge < -0.3 is 20.3 Å². The molecule has 2 rings (SSSR count). The van der Waals surface area contributed by atoms with Crippen LogP contribution in [0.15, 0.2) is 48.5 Å². The van der Waals surface area contributed by atoms with Gasteiger partial charge in [-0.1, -0.05) is 38.1 Å². The molecule has 0 saturated heterocycles. The summed E-state index contributed by atoms with van der Waals surface area (Å²) in [6, 6.07) is 16.1. The topological polar surface area (TPSA) is 64.7 Å². The molecule has 0 heterocycles. The lowest BCUT2D eigenvalue weighted by molar-refractivity contribution is 0.114. The molecule has 0 saturated carbocycles. The molecule has 1 unspecified atom stereocenters. The van der Waals surface area contributed by atoms with Gasteiger partial charge in [-0.05, 0) is 35.4 Å². The van der Waals surface area contributed by atoms with E-state index in [1.807, 2.05) is 36.4 Å². The van der Waals surface area contributed by atoms with E-state index < -0.39 is 6.10 Å². The number of rotatable bonds is 7. The van der Waals surface area contributed by atoms with Crippen molar-refractivity contribution in [1.82, 2.24) is 0 Å². The Kier molecular flexibility index (Phi) is 5.64. The summed E-state index contributed by atoms with van der Waals surface area (Å²) in [4.78, 5) is 0. The molecule has 0 spiro atoms. The first kappa shape index (κ1) is 17.3. The van der Waals surface area contributed by atoms with Crippen molar-refractivity contribution in [2.45, 2.75) is 25.4 Å². The third-order valence-corrected chi connectivity index (χ3v) is 4.10. The number of aliphatic hydroxyl groups excluding tert-OH is 1. The minimum absolute atomic E-state index is 0.123. The van der Waals surface area contributed by atoms with Crippen molar-refractivity contribution in [1.29, 1.82) is 0 Å². The molecule has 0 aliphatic rings. The monoisotopic (exact) mass is 315 g/mol. The third-order valence-electron chi connectivity index (χ3n) is 4.10. The molecule has 0 amide bonds. The second kappa shape index (κ2) is 7.49. The first-order chi connectivity index (χ1) is 11.0. The summed E-state index contributed by atoms with van der Waals surface area (Å²) in [6.07, 6.45) is -0.634. The molecule has 3 N–H and O–H groups in total. The molecule has 2 aromatic rings. The van der Waals surface area contributed by atoms with Gasteiger partial charge in [0.25, 0.3) is 0 Å². The quantitative estimate of drug-likeness (QED) is 0.824. The second-order valence-corrected chi connectivity index (χ2v) is 6.08. The van der Waals surface area contributed by atoms with Gasteiger partial charge in [0.05, 0.1) is 7.11 Å².